The van der Waals surface area contributed by atoms with Gasteiger partial charge in [-0.25, -0.2) is 9.78 Å². The molecule has 0 aliphatic carbocycles. The van der Waals surface area contributed by atoms with Gasteiger partial charge in [0, 0.05) is 47.3 Å². The van der Waals surface area contributed by atoms with Gasteiger partial charge in [0.25, 0.3) is 10.6 Å². The molecule has 5 rings (SSSR count). The second kappa shape index (κ2) is 16.9. The maximum Gasteiger partial charge on any atom is 0.323 e. The number of hydrogen-bond donors (Lipinski definition) is 3. The maximum absolute atomic E-state index is 14.3. The highest BCUT2D eigenvalue weighted by Crippen LogP contribution is 2.36. The fraction of sp³-hybridized carbons (Fsp3) is 0.297. The number of unbranched alkanes of at least 4 members (excludes halogenated alkanes) is 1. The molecular formula is C37H42N6O6. The van der Waals surface area contributed by atoms with Crippen LogP contribution in [-0.2, 0) is 13.2 Å². The number of anilines is 2. The molecule has 0 aliphatic rings. The van der Waals surface area contributed by atoms with Gasteiger partial charge in [0.1, 0.15) is 23.7 Å². The Kier molecular flexibility index (Phi) is 12.4. The van der Waals surface area contributed by atoms with Crippen LogP contribution in [0.2, 0.25) is 0 Å². The predicted octanol–water partition coefficient (Wildman–Crippen LogP) is 8.38. The summed E-state index contributed by atoms with van der Waals surface area (Å²) < 4.78 is 7.77. The number of fused-ring (bicyclic) bond motifs is 1. The predicted molar refractivity (Wildman–Crippen MR) is 191 cm³/mol. The number of ether oxygens (including phenoxy) is 1. The smallest absolute Gasteiger partial charge is 0.323 e. The van der Waals surface area contributed by atoms with E-state index < -0.39 is 11.1 Å². The number of amides is 2. The Bertz CT molecular complexity index is 1930. The van der Waals surface area contributed by atoms with Crippen LogP contribution < -0.4 is 20.9 Å². The average molecular weight is 667 g/mol. The van der Waals surface area contributed by atoms with Gasteiger partial charge in [-0.05, 0) is 65.3 Å². The van der Waals surface area contributed by atoms with E-state index in [2.05, 4.69) is 55.2 Å². The fourth-order valence-electron chi connectivity index (χ4n) is 5.56. The average Bonchev–Trinajstić information content (AvgIpc) is 3.07. The van der Waals surface area contributed by atoms with Crippen LogP contribution in [0.1, 0.15) is 76.0 Å². The monoisotopic (exact) mass is 666 g/mol. The minimum Gasteiger partial charge on any atom is -0.489 e. The number of carbonyl (C=O) groups is 1. The first-order valence-corrected chi connectivity index (χ1v) is 16.2. The molecule has 0 saturated carbocycles. The number of aromatic nitrogens is 3. The summed E-state index contributed by atoms with van der Waals surface area (Å²) in [5.41, 5.74) is 5.60. The third kappa shape index (κ3) is 9.19. The fourth-order valence-corrected chi connectivity index (χ4v) is 5.56. The van der Waals surface area contributed by atoms with Crippen molar-refractivity contribution in [3.05, 3.63) is 122 Å². The number of aryl methyl sites for hydroxylation is 1. The second-order valence-electron chi connectivity index (χ2n) is 12.1. The molecule has 0 radical (unpaired) electrons. The summed E-state index contributed by atoms with van der Waals surface area (Å²) in [5.74, 6) is 1.02. The van der Waals surface area contributed by atoms with Gasteiger partial charge < -0.3 is 20.6 Å². The van der Waals surface area contributed by atoms with Crippen molar-refractivity contribution in [2.75, 3.05) is 10.6 Å². The summed E-state index contributed by atoms with van der Waals surface area (Å²) in [6, 6.07) is 20.8. The van der Waals surface area contributed by atoms with E-state index in [4.69, 9.17) is 20.1 Å². The largest absolute Gasteiger partial charge is 0.489 e. The highest BCUT2D eigenvalue weighted by Gasteiger charge is 2.23. The Morgan fingerprint density at radius 2 is 1.61 bits per heavy atom. The van der Waals surface area contributed by atoms with Gasteiger partial charge in [-0.15, -0.1) is 10.1 Å². The third-order valence-electron chi connectivity index (χ3n) is 7.86. The first-order valence-electron chi connectivity index (χ1n) is 16.2. The number of benzene rings is 2. The van der Waals surface area contributed by atoms with E-state index in [1.54, 1.807) is 23.2 Å². The highest BCUT2D eigenvalue weighted by molar-refractivity contribution is 6.07. The number of hydrogen-bond acceptors (Lipinski definition) is 7. The number of para-hydroxylation sites is 1. The molecule has 49 heavy (non-hydrogen) atoms. The van der Waals surface area contributed by atoms with Crippen LogP contribution in [-0.4, -0.2) is 30.9 Å². The molecule has 0 fully saturated rings. The zero-order valence-electron chi connectivity index (χ0n) is 28.3. The zero-order chi connectivity index (χ0) is 35.5. The summed E-state index contributed by atoms with van der Waals surface area (Å²) >= 11 is 0. The van der Waals surface area contributed by atoms with E-state index in [1.165, 1.54) is 0 Å². The van der Waals surface area contributed by atoms with Crippen LogP contribution in [0, 0.1) is 10.1 Å². The van der Waals surface area contributed by atoms with E-state index >= 15 is 0 Å². The highest BCUT2D eigenvalue weighted by atomic mass is 16.9. The lowest BCUT2D eigenvalue weighted by Gasteiger charge is -2.22. The van der Waals surface area contributed by atoms with Crippen molar-refractivity contribution in [1.82, 2.24) is 14.5 Å². The first kappa shape index (κ1) is 36.1. The van der Waals surface area contributed by atoms with Gasteiger partial charge in [-0.2, -0.15) is 0 Å². The van der Waals surface area contributed by atoms with Crippen LogP contribution in [0.4, 0.5) is 16.2 Å². The Labute approximate surface area is 284 Å². The van der Waals surface area contributed by atoms with Crippen molar-refractivity contribution in [2.24, 2.45) is 0 Å². The van der Waals surface area contributed by atoms with E-state index in [0.29, 0.717) is 30.1 Å². The van der Waals surface area contributed by atoms with Crippen LogP contribution in [0.5, 0.6) is 5.75 Å². The molecule has 12 heteroatoms. The van der Waals surface area contributed by atoms with Gasteiger partial charge in [-0.1, -0.05) is 77.4 Å². The minimum absolute atomic E-state index is 0.196. The molecule has 0 atom stereocenters. The van der Waals surface area contributed by atoms with Crippen LogP contribution in [0.25, 0.3) is 22.2 Å². The first-order chi connectivity index (χ1) is 23.5. The lowest BCUT2D eigenvalue weighted by atomic mass is 9.93. The number of carbonyl (C=O) groups excluding carboxylic acids is 1. The van der Waals surface area contributed by atoms with E-state index in [-0.39, 0.29) is 23.1 Å². The van der Waals surface area contributed by atoms with E-state index in [0.717, 1.165) is 46.2 Å². The van der Waals surface area contributed by atoms with Crippen LogP contribution in [0.3, 0.4) is 0 Å². The Hall–Kier alpha value is -5.78. The van der Waals surface area contributed by atoms with E-state index in [1.807, 2.05) is 66.7 Å². The van der Waals surface area contributed by atoms with E-state index in [9.17, 15) is 9.59 Å². The quantitative estimate of drug-likeness (QED) is 0.0935. The van der Waals surface area contributed by atoms with Crippen molar-refractivity contribution in [3.8, 4) is 16.9 Å². The van der Waals surface area contributed by atoms with Gasteiger partial charge in [0.05, 0.1) is 0 Å². The van der Waals surface area contributed by atoms with Gasteiger partial charge in [0.15, 0.2) is 0 Å². The lowest BCUT2D eigenvalue weighted by Crippen LogP contribution is -2.30. The molecule has 3 aromatic heterocycles. The van der Waals surface area contributed by atoms with Crippen LogP contribution in [0.15, 0.2) is 90.1 Å². The summed E-state index contributed by atoms with van der Waals surface area (Å²) in [6.45, 7) is 11.3. The van der Waals surface area contributed by atoms with Crippen LogP contribution >= 0.6 is 0 Å². The summed E-state index contributed by atoms with van der Waals surface area (Å²) in [4.78, 5) is 45.2. The third-order valence-corrected chi connectivity index (χ3v) is 7.86. The topological polar surface area (TPSA) is 162 Å². The molecule has 0 unspecified atom stereocenters. The number of urea groups is 1. The lowest BCUT2D eigenvalue weighted by molar-refractivity contribution is -0.742. The van der Waals surface area contributed by atoms with Crippen molar-refractivity contribution in [2.45, 2.75) is 72.4 Å². The molecule has 5 aromatic rings. The molecule has 0 saturated heterocycles. The summed E-state index contributed by atoms with van der Waals surface area (Å²) in [6.07, 6.45) is 6.89. The van der Waals surface area contributed by atoms with Gasteiger partial charge in [0.2, 0.25) is 0 Å². The molecular weight excluding hydrogens is 624 g/mol. The summed E-state index contributed by atoms with van der Waals surface area (Å²) in [5, 5.41) is 20.5. The molecule has 12 nitrogen and oxygen atoms in total. The minimum atomic E-state index is -1.50. The van der Waals surface area contributed by atoms with Crippen molar-refractivity contribution < 1.29 is 19.8 Å². The Balaban J connectivity index is 0.00000128. The summed E-state index contributed by atoms with van der Waals surface area (Å²) in [7, 11) is 0. The second-order valence-corrected chi connectivity index (χ2v) is 12.1. The molecule has 0 aliphatic heterocycles. The molecule has 0 spiro atoms. The van der Waals surface area contributed by atoms with Gasteiger partial charge >= 0.3 is 6.03 Å². The maximum atomic E-state index is 14.3. The number of nitrogens with zero attached hydrogens (tertiary/aromatic N) is 4. The number of pyridine rings is 3. The van der Waals surface area contributed by atoms with Crippen molar-refractivity contribution in [3.63, 3.8) is 0 Å². The van der Waals surface area contributed by atoms with Crippen molar-refractivity contribution in [1.29, 1.82) is 0 Å². The standard InChI is InChI=1S/C37H41N5O3.HNO3/c1-6-7-20-42-35-31(17-11-19-39-35)32(27-13-8-14-28(21-27)45-23-26-12-10-18-38-22-26)34(36(42)43)41-37(44)40-33-29(24(2)3)15-9-16-30(33)25(4)5;2-1(3)4/h8-19,21-22,24-25H,6-7,20,23H2,1-5H3,(H2,40,41,44);(H,2,3,4). The molecule has 2 amide bonds. The number of nitrogens with one attached hydrogen (secondary N) is 2. The molecule has 2 aromatic carbocycles. The Morgan fingerprint density at radius 3 is 2.24 bits per heavy atom. The Morgan fingerprint density at radius 1 is 0.959 bits per heavy atom. The molecule has 0 bridgehead atoms. The normalized spacial score (nSPS) is 10.8. The molecule has 256 valence electrons. The molecule has 3 N–H and O–H groups in total. The zero-order valence-corrected chi connectivity index (χ0v) is 28.3. The molecule has 3 heterocycles. The van der Waals surface area contributed by atoms with Crippen molar-refractivity contribution >= 4 is 28.4 Å². The SMILES string of the molecule is CCCCn1c(=O)c(NC(=O)Nc2c(C(C)C)cccc2C(C)C)c(-c2cccc(OCc3cccnc3)c2)c2cccnc21.O=[N+]([O-])O. The van der Waals surface area contributed by atoms with Gasteiger partial charge in [-0.3, -0.25) is 14.3 Å². The number of rotatable bonds is 11.